The number of ether oxygens (including phenoxy) is 1. The van der Waals surface area contributed by atoms with Crippen molar-refractivity contribution in [3.8, 4) is 0 Å². The number of hydrogen-bond acceptors (Lipinski definition) is 4. The summed E-state index contributed by atoms with van der Waals surface area (Å²) in [5, 5.41) is 4.31. The zero-order valence-corrected chi connectivity index (χ0v) is 19.9. The number of nitrogens with zero attached hydrogens (tertiary/aromatic N) is 2. The van der Waals surface area contributed by atoms with Gasteiger partial charge in [-0.3, -0.25) is 14.6 Å². The van der Waals surface area contributed by atoms with E-state index in [9.17, 15) is 4.79 Å². The molecule has 2 saturated heterocycles. The van der Waals surface area contributed by atoms with Crippen LogP contribution in [0.15, 0.2) is 42.5 Å². The average molecular weight is 476 g/mol. The van der Waals surface area contributed by atoms with E-state index >= 15 is 0 Å². The standard InChI is InChI=1S/C25H31Cl2N3O2/c26-23-7-6-21(14-24(23)27)17-30-8-2-5-22(18-30)25(31)28-15-19-3-1-4-20(13-19)16-29-9-11-32-12-10-29/h1,3-4,6-7,13-14,22H,2,5,8-12,15-18H2,(H,28,31). The van der Waals surface area contributed by atoms with E-state index < -0.39 is 0 Å². The molecule has 0 aliphatic carbocycles. The molecule has 5 nitrogen and oxygen atoms in total. The number of nitrogens with one attached hydrogen (secondary N) is 1. The molecule has 1 atom stereocenters. The molecule has 1 unspecified atom stereocenters. The molecule has 4 rings (SSSR count). The summed E-state index contributed by atoms with van der Waals surface area (Å²) >= 11 is 12.2. The summed E-state index contributed by atoms with van der Waals surface area (Å²) in [6.07, 6.45) is 1.95. The third-order valence-electron chi connectivity index (χ3n) is 6.23. The molecule has 2 aliphatic heterocycles. The lowest BCUT2D eigenvalue weighted by Crippen LogP contribution is -2.42. The Kier molecular flexibility index (Phi) is 8.44. The maximum atomic E-state index is 12.9. The Bertz CT molecular complexity index is 918. The molecule has 172 valence electrons. The first-order valence-electron chi connectivity index (χ1n) is 11.4. The smallest absolute Gasteiger partial charge is 0.224 e. The number of carbonyl (C=O) groups is 1. The van der Waals surface area contributed by atoms with Gasteiger partial charge in [-0.25, -0.2) is 0 Å². The van der Waals surface area contributed by atoms with Gasteiger partial charge in [0.2, 0.25) is 5.91 Å². The van der Waals surface area contributed by atoms with Crippen LogP contribution in [0.5, 0.6) is 0 Å². The number of benzene rings is 2. The van der Waals surface area contributed by atoms with Crippen LogP contribution in [0.2, 0.25) is 10.0 Å². The lowest BCUT2D eigenvalue weighted by atomic mass is 9.96. The second kappa shape index (κ2) is 11.5. The van der Waals surface area contributed by atoms with Crippen molar-refractivity contribution in [1.29, 1.82) is 0 Å². The van der Waals surface area contributed by atoms with Crippen molar-refractivity contribution in [2.75, 3.05) is 39.4 Å². The fourth-order valence-corrected chi connectivity index (χ4v) is 4.82. The molecule has 0 saturated carbocycles. The van der Waals surface area contributed by atoms with Gasteiger partial charge in [0.25, 0.3) is 0 Å². The van der Waals surface area contributed by atoms with Gasteiger partial charge >= 0.3 is 0 Å². The van der Waals surface area contributed by atoms with Crippen molar-refractivity contribution < 1.29 is 9.53 Å². The van der Waals surface area contributed by atoms with Gasteiger partial charge in [-0.05, 0) is 48.2 Å². The minimum Gasteiger partial charge on any atom is -0.379 e. The highest BCUT2D eigenvalue weighted by Gasteiger charge is 2.25. The van der Waals surface area contributed by atoms with E-state index in [4.69, 9.17) is 27.9 Å². The molecule has 2 heterocycles. The van der Waals surface area contributed by atoms with E-state index in [2.05, 4.69) is 39.4 Å². The second-order valence-corrected chi connectivity index (χ2v) is 9.56. The number of hydrogen-bond donors (Lipinski definition) is 1. The molecule has 1 N–H and O–H groups in total. The van der Waals surface area contributed by atoms with Crippen LogP contribution >= 0.6 is 23.2 Å². The fourth-order valence-electron chi connectivity index (χ4n) is 4.50. The van der Waals surface area contributed by atoms with E-state index in [1.165, 1.54) is 5.56 Å². The molecular weight excluding hydrogens is 445 g/mol. The summed E-state index contributed by atoms with van der Waals surface area (Å²) < 4.78 is 5.43. The Morgan fingerprint density at radius 2 is 1.69 bits per heavy atom. The molecule has 1 amide bonds. The van der Waals surface area contributed by atoms with Crippen LogP contribution in [-0.2, 0) is 29.2 Å². The lowest BCUT2D eigenvalue weighted by molar-refractivity contribution is -0.126. The first-order valence-corrected chi connectivity index (χ1v) is 12.1. The van der Waals surface area contributed by atoms with Crippen LogP contribution in [0.25, 0.3) is 0 Å². The normalized spacial score (nSPS) is 20.2. The summed E-state index contributed by atoms with van der Waals surface area (Å²) in [5.41, 5.74) is 3.55. The molecular formula is C25H31Cl2N3O2. The van der Waals surface area contributed by atoms with Crippen LogP contribution in [0.4, 0.5) is 0 Å². The Balaban J connectivity index is 1.27. The predicted octanol–water partition coefficient (Wildman–Crippen LogP) is 4.35. The topological polar surface area (TPSA) is 44.8 Å². The van der Waals surface area contributed by atoms with Gasteiger partial charge in [0.05, 0.1) is 29.2 Å². The maximum Gasteiger partial charge on any atom is 0.224 e. The second-order valence-electron chi connectivity index (χ2n) is 8.75. The molecule has 0 spiro atoms. The fraction of sp³-hybridized carbons (Fsp3) is 0.480. The Labute approximate surface area is 200 Å². The number of likely N-dealkylation sites (tertiary alicyclic amines) is 1. The highest BCUT2D eigenvalue weighted by atomic mass is 35.5. The number of piperidine rings is 1. The highest BCUT2D eigenvalue weighted by molar-refractivity contribution is 6.42. The molecule has 0 bridgehead atoms. The Morgan fingerprint density at radius 3 is 2.50 bits per heavy atom. The van der Waals surface area contributed by atoms with E-state index in [1.54, 1.807) is 0 Å². The van der Waals surface area contributed by atoms with E-state index in [0.717, 1.165) is 76.5 Å². The monoisotopic (exact) mass is 475 g/mol. The van der Waals surface area contributed by atoms with Crippen LogP contribution in [0, 0.1) is 5.92 Å². The largest absolute Gasteiger partial charge is 0.379 e. The van der Waals surface area contributed by atoms with Crippen LogP contribution in [-0.4, -0.2) is 55.1 Å². The summed E-state index contributed by atoms with van der Waals surface area (Å²) in [6.45, 7) is 7.60. The first-order chi connectivity index (χ1) is 15.6. The van der Waals surface area contributed by atoms with E-state index in [1.807, 2.05) is 18.2 Å². The summed E-state index contributed by atoms with van der Waals surface area (Å²) in [5.74, 6) is 0.158. The van der Waals surface area contributed by atoms with Crippen LogP contribution < -0.4 is 5.32 Å². The highest BCUT2D eigenvalue weighted by Crippen LogP contribution is 2.25. The quantitative estimate of drug-likeness (QED) is 0.646. The van der Waals surface area contributed by atoms with Crippen molar-refractivity contribution in [3.05, 3.63) is 69.2 Å². The van der Waals surface area contributed by atoms with Gasteiger partial charge < -0.3 is 10.1 Å². The zero-order valence-electron chi connectivity index (χ0n) is 18.4. The molecule has 7 heteroatoms. The molecule has 2 aromatic rings. The van der Waals surface area contributed by atoms with Gasteiger partial charge in [-0.1, -0.05) is 53.5 Å². The lowest BCUT2D eigenvalue weighted by Gasteiger charge is -2.32. The predicted molar refractivity (Wildman–Crippen MR) is 129 cm³/mol. The molecule has 0 radical (unpaired) electrons. The van der Waals surface area contributed by atoms with Crippen molar-refractivity contribution >= 4 is 29.1 Å². The molecule has 2 aromatic carbocycles. The summed E-state index contributed by atoms with van der Waals surface area (Å²) in [6, 6.07) is 14.3. The van der Waals surface area contributed by atoms with Gasteiger partial charge in [0.1, 0.15) is 0 Å². The maximum absolute atomic E-state index is 12.9. The number of morpholine rings is 1. The van der Waals surface area contributed by atoms with Crippen molar-refractivity contribution in [3.63, 3.8) is 0 Å². The Morgan fingerprint density at radius 1 is 0.938 bits per heavy atom. The van der Waals surface area contributed by atoms with Crippen molar-refractivity contribution in [1.82, 2.24) is 15.1 Å². The van der Waals surface area contributed by atoms with Crippen LogP contribution in [0.1, 0.15) is 29.5 Å². The third-order valence-corrected chi connectivity index (χ3v) is 6.97. The Hall–Kier alpha value is -1.63. The number of carbonyl (C=O) groups excluding carboxylic acids is 1. The first kappa shape index (κ1) is 23.5. The third kappa shape index (κ3) is 6.69. The van der Waals surface area contributed by atoms with Crippen LogP contribution in [0.3, 0.4) is 0 Å². The zero-order chi connectivity index (χ0) is 22.3. The number of amides is 1. The average Bonchev–Trinajstić information content (AvgIpc) is 2.81. The minimum atomic E-state index is 0.0167. The van der Waals surface area contributed by atoms with Gasteiger partial charge in [-0.2, -0.15) is 0 Å². The minimum absolute atomic E-state index is 0.0167. The number of rotatable bonds is 7. The number of halogens is 2. The van der Waals surface area contributed by atoms with Gasteiger partial charge in [0, 0.05) is 39.3 Å². The van der Waals surface area contributed by atoms with Crippen molar-refractivity contribution in [2.24, 2.45) is 5.92 Å². The van der Waals surface area contributed by atoms with Gasteiger partial charge in [-0.15, -0.1) is 0 Å². The SMILES string of the molecule is O=C(NCc1cccc(CN2CCOCC2)c1)C1CCCN(Cc2ccc(Cl)c(Cl)c2)C1. The van der Waals surface area contributed by atoms with Gasteiger partial charge in [0.15, 0.2) is 0 Å². The summed E-state index contributed by atoms with van der Waals surface area (Å²) in [4.78, 5) is 17.6. The summed E-state index contributed by atoms with van der Waals surface area (Å²) in [7, 11) is 0. The molecule has 32 heavy (non-hydrogen) atoms. The van der Waals surface area contributed by atoms with E-state index in [0.29, 0.717) is 16.6 Å². The molecule has 2 fully saturated rings. The van der Waals surface area contributed by atoms with E-state index in [-0.39, 0.29) is 11.8 Å². The van der Waals surface area contributed by atoms with Crippen molar-refractivity contribution in [2.45, 2.75) is 32.5 Å². The molecule has 2 aliphatic rings. The molecule has 0 aromatic heterocycles.